The molecule has 1 unspecified atom stereocenters. The third-order valence-electron chi connectivity index (χ3n) is 6.83. The second-order valence-electron chi connectivity index (χ2n) is 9.37. The van der Waals surface area contributed by atoms with Crippen molar-refractivity contribution in [3.63, 3.8) is 0 Å². The van der Waals surface area contributed by atoms with Crippen LogP contribution in [-0.2, 0) is 9.53 Å². The van der Waals surface area contributed by atoms with Gasteiger partial charge in [0, 0.05) is 23.8 Å². The van der Waals surface area contributed by atoms with E-state index in [2.05, 4.69) is 4.99 Å². The van der Waals surface area contributed by atoms with E-state index in [0.29, 0.717) is 49.2 Å². The van der Waals surface area contributed by atoms with E-state index >= 15 is 0 Å². The highest BCUT2D eigenvalue weighted by atomic mass is 32.1. The van der Waals surface area contributed by atoms with E-state index in [1.54, 1.807) is 56.3 Å². The van der Waals surface area contributed by atoms with Gasteiger partial charge in [0.15, 0.2) is 16.3 Å². The van der Waals surface area contributed by atoms with Crippen molar-refractivity contribution in [3.05, 3.63) is 106 Å². The summed E-state index contributed by atoms with van der Waals surface area (Å²) in [5.41, 5.74) is 2.31. The van der Waals surface area contributed by atoms with Gasteiger partial charge < -0.3 is 18.6 Å². The molecule has 208 valence electrons. The first-order chi connectivity index (χ1) is 19.7. The largest absolute Gasteiger partial charge is 0.463 e. The van der Waals surface area contributed by atoms with E-state index in [9.17, 15) is 19.7 Å². The number of fused-ring (bicyclic) bond motifs is 2. The van der Waals surface area contributed by atoms with Crippen molar-refractivity contribution in [2.45, 2.75) is 26.8 Å². The molecule has 0 saturated heterocycles. The number of rotatable bonds is 6. The maximum Gasteiger partial charge on any atom is 0.338 e. The Balaban J connectivity index is 1.47. The highest BCUT2D eigenvalue weighted by molar-refractivity contribution is 7.07. The molecule has 0 fully saturated rings. The van der Waals surface area contributed by atoms with E-state index in [4.69, 9.17) is 18.6 Å². The van der Waals surface area contributed by atoms with Crippen molar-refractivity contribution < 1.29 is 28.3 Å². The first kappa shape index (κ1) is 26.3. The van der Waals surface area contributed by atoms with Crippen LogP contribution in [0.3, 0.4) is 0 Å². The smallest absolute Gasteiger partial charge is 0.338 e. The van der Waals surface area contributed by atoms with E-state index < -0.39 is 16.9 Å². The Morgan fingerprint density at radius 2 is 1.98 bits per heavy atom. The summed E-state index contributed by atoms with van der Waals surface area (Å²) in [4.78, 5) is 42.8. The summed E-state index contributed by atoms with van der Waals surface area (Å²) < 4.78 is 24.1. The number of benzene rings is 2. The molecule has 6 rings (SSSR count). The first-order valence-corrected chi connectivity index (χ1v) is 13.5. The molecule has 11 nitrogen and oxygen atoms in total. The molecule has 0 spiro atoms. The zero-order valence-corrected chi connectivity index (χ0v) is 23.0. The summed E-state index contributed by atoms with van der Waals surface area (Å²) in [6, 6.07) is 12.4. The molecule has 2 aliphatic heterocycles. The third-order valence-corrected chi connectivity index (χ3v) is 7.81. The molecule has 12 heteroatoms. The summed E-state index contributed by atoms with van der Waals surface area (Å²) in [5.74, 6) is 1.35. The Morgan fingerprint density at radius 1 is 1.17 bits per heavy atom. The third kappa shape index (κ3) is 4.61. The Hall–Kier alpha value is -4.97. The van der Waals surface area contributed by atoms with E-state index in [-0.39, 0.29) is 30.2 Å². The lowest BCUT2D eigenvalue weighted by Crippen LogP contribution is -2.39. The van der Waals surface area contributed by atoms with Gasteiger partial charge in [0.1, 0.15) is 11.5 Å². The molecule has 4 aromatic rings. The Bertz CT molecular complexity index is 1950. The minimum absolute atomic E-state index is 0.0480. The number of hydrogen-bond donors (Lipinski definition) is 0. The van der Waals surface area contributed by atoms with E-state index in [1.165, 1.54) is 16.7 Å². The molecule has 1 atom stereocenters. The van der Waals surface area contributed by atoms with Crippen LogP contribution in [0.15, 0.2) is 74.0 Å². The maximum atomic E-state index is 13.9. The van der Waals surface area contributed by atoms with Crippen molar-refractivity contribution in [2.24, 2.45) is 4.99 Å². The number of nitro groups is 1. The Kier molecular flexibility index (Phi) is 6.54. The lowest BCUT2D eigenvalue weighted by molar-refractivity contribution is -0.384. The number of carbonyl (C=O) groups excluding carboxylic acids is 1. The van der Waals surface area contributed by atoms with Crippen molar-refractivity contribution in [1.82, 2.24) is 4.57 Å². The molecule has 41 heavy (non-hydrogen) atoms. The number of aryl methyl sites for hydroxylation is 1. The normalized spacial score (nSPS) is 16.0. The van der Waals surface area contributed by atoms with Gasteiger partial charge in [-0.1, -0.05) is 23.5 Å². The fraction of sp³-hybridized carbons (Fsp3) is 0.207. The van der Waals surface area contributed by atoms with Gasteiger partial charge in [-0.15, -0.1) is 0 Å². The van der Waals surface area contributed by atoms with Crippen LogP contribution in [0.1, 0.15) is 36.8 Å². The molecular formula is C29H23N3O8S. The number of hydrogen-bond acceptors (Lipinski definition) is 10. The number of ether oxygens (including phenoxy) is 3. The predicted molar refractivity (Wildman–Crippen MR) is 148 cm³/mol. The number of carbonyl (C=O) groups is 1. The van der Waals surface area contributed by atoms with Gasteiger partial charge in [-0.2, -0.15) is 0 Å². The van der Waals surface area contributed by atoms with Crippen molar-refractivity contribution >= 4 is 29.1 Å². The van der Waals surface area contributed by atoms with Gasteiger partial charge in [0.2, 0.25) is 6.79 Å². The van der Waals surface area contributed by atoms with E-state index in [0.717, 1.165) is 16.9 Å². The standard InChI is InChI=1S/C29H23N3O8S/c1-4-37-28(34)25-16(3)30-29-31(26(25)17-6-9-22-23(11-17)39-14-38-22)27(33)24(41-29)13-19-8-10-21(40-19)20-12-18(32(35)36)7-5-15(20)2/h5-13,26H,4,14H2,1-3H3. The van der Waals surface area contributed by atoms with Crippen LogP contribution in [0, 0.1) is 17.0 Å². The summed E-state index contributed by atoms with van der Waals surface area (Å²) in [5, 5.41) is 11.3. The first-order valence-electron chi connectivity index (χ1n) is 12.7. The number of non-ortho nitro benzene ring substituents is 1. The van der Waals surface area contributed by atoms with Gasteiger partial charge in [0.25, 0.3) is 11.2 Å². The van der Waals surface area contributed by atoms with Crippen LogP contribution in [-0.4, -0.2) is 28.9 Å². The number of nitrogens with zero attached hydrogens (tertiary/aromatic N) is 3. The van der Waals surface area contributed by atoms with Crippen LogP contribution in [0.5, 0.6) is 11.5 Å². The average molecular weight is 574 g/mol. The average Bonchev–Trinajstić information content (AvgIpc) is 3.67. The lowest BCUT2D eigenvalue weighted by Gasteiger charge is -2.24. The number of furan rings is 1. The molecule has 0 aliphatic carbocycles. The molecule has 0 radical (unpaired) electrons. The molecule has 4 heterocycles. The predicted octanol–water partition coefficient (Wildman–Crippen LogP) is 4.00. The SMILES string of the molecule is CCOC(=O)C1=C(C)N=c2sc(=Cc3ccc(-c4cc([N+](=O)[O-])ccc4C)o3)c(=O)n2C1c1ccc2c(c1)OCO2. The summed E-state index contributed by atoms with van der Waals surface area (Å²) in [6.45, 7) is 5.51. The van der Waals surface area contributed by atoms with Crippen molar-refractivity contribution in [3.8, 4) is 22.8 Å². The highest BCUT2D eigenvalue weighted by Crippen LogP contribution is 2.38. The van der Waals surface area contributed by atoms with Crippen molar-refractivity contribution in [2.75, 3.05) is 13.4 Å². The Morgan fingerprint density at radius 3 is 2.76 bits per heavy atom. The summed E-state index contributed by atoms with van der Waals surface area (Å²) in [7, 11) is 0. The molecule has 0 bridgehead atoms. The zero-order valence-electron chi connectivity index (χ0n) is 22.2. The second-order valence-corrected chi connectivity index (χ2v) is 10.4. The molecule has 2 aliphatic rings. The fourth-order valence-electron chi connectivity index (χ4n) is 4.88. The van der Waals surface area contributed by atoms with Crippen LogP contribution in [0.4, 0.5) is 5.69 Å². The number of allylic oxidation sites excluding steroid dienone is 1. The van der Waals surface area contributed by atoms with Crippen LogP contribution in [0.25, 0.3) is 17.4 Å². The van der Waals surface area contributed by atoms with E-state index in [1.807, 2.05) is 6.92 Å². The van der Waals surface area contributed by atoms with Gasteiger partial charge >= 0.3 is 5.97 Å². The number of esters is 1. The molecule has 0 amide bonds. The van der Waals surface area contributed by atoms with Gasteiger partial charge in [-0.25, -0.2) is 9.79 Å². The monoisotopic (exact) mass is 573 g/mol. The number of thiazole rings is 1. The summed E-state index contributed by atoms with van der Waals surface area (Å²) in [6.07, 6.45) is 1.60. The Labute approximate surface area is 236 Å². The molecule has 0 N–H and O–H groups in total. The van der Waals surface area contributed by atoms with Gasteiger partial charge in [-0.3, -0.25) is 19.5 Å². The highest BCUT2D eigenvalue weighted by Gasteiger charge is 2.34. The minimum atomic E-state index is -0.804. The molecule has 0 saturated carbocycles. The number of nitro benzene ring substituents is 1. The minimum Gasteiger partial charge on any atom is -0.463 e. The van der Waals surface area contributed by atoms with Gasteiger partial charge in [0.05, 0.1) is 33.4 Å². The molecular weight excluding hydrogens is 550 g/mol. The van der Waals surface area contributed by atoms with Crippen LogP contribution in [0.2, 0.25) is 0 Å². The van der Waals surface area contributed by atoms with Gasteiger partial charge in [-0.05, 0) is 56.2 Å². The quantitative estimate of drug-likeness (QED) is 0.192. The second kappa shape index (κ2) is 10.2. The topological polar surface area (TPSA) is 135 Å². The zero-order chi connectivity index (χ0) is 28.8. The molecule has 2 aromatic carbocycles. The summed E-state index contributed by atoms with van der Waals surface area (Å²) >= 11 is 1.16. The number of aromatic nitrogens is 1. The molecule has 2 aromatic heterocycles. The van der Waals surface area contributed by atoms with Crippen LogP contribution >= 0.6 is 11.3 Å². The van der Waals surface area contributed by atoms with Crippen molar-refractivity contribution in [1.29, 1.82) is 0 Å². The lowest BCUT2D eigenvalue weighted by atomic mass is 9.95. The van der Waals surface area contributed by atoms with Crippen LogP contribution < -0.4 is 24.4 Å². The maximum absolute atomic E-state index is 13.9. The fourth-order valence-corrected chi connectivity index (χ4v) is 5.91.